The van der Waals surface area contributed by atoms with Gasteiger partial charge in [-0.05, 0) is 32.4 Å². The number of nitrogens with zero attached hydrogens (tertiary/aromatic N) is 1. The van der Waals surface area contributed by atoms with E-state index in [1.807, 2.05) is 13.0 Å². The SMILES string of the molecule is CC1(C(=O)NCc2ccn[nH]2)CCCNC1. The first-order valence-electron chi connectivity index (χ1n) is 5.68. The number of piperidine rings is 1. The van der Waals surface area contributed by atoms with Gasteiger partial charge in [0.1, 0.15) is 0 Å². The molecule has 1 aromatic rings. The van der Waals surface area contributed by atoms with Gasteiger partial charge in [0.15, 0.2) is 0 Å². The summed E-state index contributed by atoms with van der Waals surface area (Å²) in [5.41, 5.74) is 0.666. The number of carbonyl (C=O) groups is 1. The third kappa shape index (κ3) is 2.41. The number of hydrogen-bond acceptors (Lipinski definition) is 3. The lowest BCUT2D eigenvalue weighted by Gasteiger charge is -2.32. The molecule has 16 heavy (non-hydrogen) atoms. The lowest BCUT2D eigenvalue weighted by atomic mass is 9.82. The van der Waals surface area contributed by atoms with Crippen molar-refractivity contribution in [3.8, 4) is 0 Å². The highest BCUT2D eigenvalue weighted by molar-refractivity contribution is 5.82. The summed E-state index contributed by atoms with van der Waals surface area (Å²) in [5.74, 6) is 0.120. The molecule has 0 radical (unpaired) electrons. The molecule has 1 amide bonds. The zero-order chi connectivity index (χ0) is 11.4. The van der Waals surface area contributed by atoms with Crippen molar-refractivity contribution in [2.24, 2.45) is 5.41 Å². The maximum absolute atomic E-state index is 12.0. The van der Waals surface area contributed by atoms with Crippen molar-refractivity contribution in [3.05, 3.63) is 18.0 Å². The van der Waals surface area contributed by atoms with Crippen LogP contribution in [0.15, 0.2) is 12.3 Å². The molecule has 1 atom stereocenters. The van der Waals surface area contributed by atoms with Gasteiger partial charge >= 0.3 is 0 Å². The molecule has 0 spiro atoms. The minimum atomic E-state index is -0.266. The Balaban J connectivity index is 1.87. The summed E-state index contributed by atoms with van der Waals surface area (Å²) in [5, 5.41) is 12.9. The van der Waals surface area contributed by atoms with Crippen LogP contribution in [-0.2, 0) is 11.3 Å². The summed E-state index contributed by atoms with van der Waals surface area (Å²) >= 11 is 0. The lowest BCUT2D eigenvalue weighted by molar-refractivity contribution is -0.131. The quantitative estimate of drug-likeness (QED) is 0.694. The summed E-state index contributed by atoms with van der Waals surface area (Å²) in [6.07, 6.45) is 3.70. The topological polar surface area (TPSA) is 69.8 Å². The highest BCUT2D eigenvalue weighted by Gasteiger charge is 2.34. The van der Waals surface area contributed by atoms with Crippen LogP contribution in [0.2, 0.25) is 0 Å². The average molecular weight is 222 g/mol. The van der Waals surface area contributed by atoms with E-state index >= 15 is 0 Å². The van der Waals surface area contributed by atoms with Crippen LogP contribution in [0.3, 0.4) is 0 Å². The minimum Gasteiger partial charge on any atom is -0.350 e. The fraction of sp³-hybridized carbons (Fsp3) is 0.636. The Morgan fingerprint density at radius 1 is 1.69 bits per heavy atom. The van der Waals surface area contributed by atoms with Gasteiger partial charge in [-0.15, -0.1) is 0 Å². The summed E-state index contributed by atoms with van der Waals surface area (Å²) in [6, 6.07) is 1.86. The number of amides is 1. The standard InChI is InChI=1S/C11H18N4O/c1-11(4-2-5-12-8-11)10(16)13-7-9-3-6-14-15-9/h3,6,12H,2,4-5,7-8H2,1H3,(H,13,16)(H,14,15). The van der Waals surface area contributed by atoms with E-state index < -0.39 is 0 Å². The van der Waals surface area contributed by atoms with E-state index in [9.17, 15) is 4.79 Å². The van der Waals surface area contributed by atoms with Crippen LogP contribution >= 0.6 is 0 Å². The van der Waals surface area contributed by atoms with Gasteiger partial charge in [-0.25, -0.2) is 0 Å². The van der Waals surface area contributed by atoms with Crippen molar-refractivity contribution in [1.82, 2.24) is 20.8 Å². The van der Waals surface area contributed by atoms with Crippen LogP contribution in [0, 0.1) is 5.41 Å². The first-order chi connectivity index (χ1) is 7.71. The number of H-pyrrole nitrogens is 1. The maximum Gasteiger partial charge on any atom is 0.227 e. The molecule has 2 heterocycles. The first-order valence-corrected chi connectivity index (χ1v) is 5.68. The van der Waals surface area contributed by atoms with Crippen molar-refractivity contribution in [3.63, 3.8) is 0 Å². The lowest BCUT2D eigenvalue weighted by Crippen LogP contribution is -2.48. The Hall–Kier alpha value is -1.36. The predicted octanol–water partition coefficient (Wildman–Crippen LogP) is 0.416. The molecule has 88 valence electrons. The van der Waals surface area contributed by atoms with E-state index in [0.29, 0.717) is 6.54 Å². The van der Waals surface area contributed by atoms with Crippen LogP contribution in [-0.4, -0.2) is 29.2 Å². The Bertz CT molecular complexity index is 341. The molecular formula is C11H18N4O. The monoisotopic (exact) mass is 222 g/mol. The Morgan fingerprint density at radius 2 is 2.56 bits per heavy atom. The molecule has 3 N–H and O–H groups in total. The second kappa shape index (κ2) is 4.65. The molecule has 0 aliphatic carbocycles. The molecule has 1 aliphatic heterocycles. The van der Waals surface area contributed by atoms with Gasteiger partial charge in [-0.3, -0.25) is 9.89 Å². The molecule has 1 saturated heterocycles. The van der Waals surface area contributed by atoms with Crippen molar-refractivity contribution in [2.75, 3.05) is 13.1 Å². The molecule has 2 rings (SSSR count). The summed E-state index contributed by atoms with van der Waals surface area (Å²) in [6.45, 7) is 4.32. The molecule has 1 unspecified atom stereocenters. The number of rotatable bonds is 3. The minimum absolute atomic E-state index is 0.120. The van der Waals surface area contributed by atoms with E-state index in [4.69, 9.17) is 0 Å². The van der Waals surface area contributed by atoms with Crippen molar-refractivity contribution in [2.45, 2.75) is 26.3 Å². The summed E-state index contributed by atoms with van der Waals surface area (Å²) in [7, 11) is 0. The highest BCUT2D eigenvalue weighted by Crippen LogP contribution is 2.25. The van der Waals surface area contributed by atoms with Crippen LogP contribution < -0.4 is 10.6 Å². The van der Waals surface area contributed by atoms with E-state index in [0.717, 1.165) is 31.6 Å². The maximum atomic E-state index is 12.0. The van der Waals surface area contributed by atoms with E-state index in [-0.39, 0.29) is 11.3 Å². The van der Waals surface area contributed by atoms with E-state index in [2.05, 4.69) is 20.8 Å². The molecule has 1 aromatic heterocycles. The van der Waals surface area contributed by atoms with Gasteiger partial charge in [-0.1, -0.05) is 0 Å². The molecule has 0 bridgehead atoms. The molecular weight excluding hydrogens is 204 g/mol. The van der Waals surface area contributed by atoms with Crippen LogP contribution in [0.25, 0.3) is 0 Å². The van der Waals surface area contributed by atoms with Crippen LogP contribution in [0.5, 0.6) is 0 Å². The van der Waals surface area contributed by atoms with Gasteiger partial charge in [-0.2, -0.15) is 5.10 Å². The number of aromatic nitrogens is 2. The second-order valence-corrected chi connectivity index (χ2v) is 4.61. The van der Waals surface area contributed by atoms with Crippen molar-refractivity contribution in [1.29, 1.82) is 0 Å². The van der Waals surface area contributed by atoms with E-state index in [1.165, 1.54) is 0 Å². The average Bonchev–Trinajstić information content (AvgIpc) is 2.79. The molecule has 5 heteroatoms. The first kappa shape index (κ1) is 11.1. The molecule has 0 aromatic carbocycles. The van der Waals surface area contributed by atoms with Gasteiger partial charge < -0.3 is 10.6 Å². The van der Waals surface area contributed by atoms with Crippen molar-refractivity contribution < 1.29 is 4.79 Å². The third-order valence-electron chi connectivity index (χ3n) is 3.14. The Kier molecular flexibility index (Phi) is 3.24. The fourth-order valence-corrected chi connectivity index (χ4v) is 2.02. The Morgan fingerprint density at radius 3 is 3.19 bits per heavy atom. The van der Waals surface area contributed by atoms with Crippen molar-refractivity contribution >= 4 is 5.91 Å². The molecule has 1 fully saturated rings. The van der Waals surface area contributed by atoms with Gasteiger partial charge in [0, 0.05) is 12.7 Å². The molecule has 0 saturated carbocycles. The largest absolute Gasteiger partial charge is 0.350 e. The predicted molar refractivity (Wildman–Crippen MR) is 60.6 cm³/mol. The summed E-state index contributed by atoms with van der Waals surface area (Å²) in [4.78, 5) is 12.0. The van der Waals surface area contributed by atoms with Gasteiger partial charge in [0.2, 0.25) is 5.91 Å². The van der Waals surface area contributed by atoms with Crippen LogP contribution in [0.1, 0.15) is 25.5 Å². The summed E-state index contributed by atoms with van der Waals surface area (Å²) < 4.78 is 0. The van der Waals surface area contributed by atoms with Crippen LogP contribution in [0.4, 0.5) is 0 Å². The molecule has 5 nitrogen and oxygen atoms in total. The third-order valence-corrected chi connectivity index (χ3v) is 3.14. The zero-order valence-electron chi connectivity index (χ0n) is 9.55. The smallest absolute Gasteiger partial charge is 0.227 e. The van der Waals surface area contributed by atoms with E-state index in [1.54, 1.807) is 6.20 Å². The highest BCUT2D eigenvalue weighted by atomic mass is 16.2. The number of carbonyl (C=O) groups excluding carboxylic acids is 1. The molecule has 1 aliphatic rings. The fourth-order valence-electron chi connectivity index (χ4n) is 2.02. The Labute approximate surface area is 95.0 Å². The number of aromatic amines is 1. The normalized spacial score (nSPS) is 25.3. The van der Waals surface area contributed by atoms with Gasteiger partial charge in [0.25, 0.3) is 0 Å². The second-order valence-electron chi connectivity index (χ2n) is 4.61. The van der Waals surface area contributed by atoms with Gasteiger partial charge in [0.05, 0.1) is 17.7 Å². The number of nitrogens with one attached hydrogen (secondary N) is 3. The number of hydrogen-bond donors (Lipinski definition) is 3. The zero-order valence-corrected chi connectivity index (χ0v) is 9.55.